The Balaban J connectivity index is 2.15. The van der Waals surface area contributed by atoms with Crippen LogP contribution in [0.1, 0.15) is 12.8 Å². The van der Waals surface area contributed by atoms with Gasteiger partial charge in [0.1, 0.15) is 0 Å². The van der Waals surface area contributed by atoms with Crippen molar-refractivity contribution >= 4 is 27.3 Å². The van der Waals surface area contributed by atoms with Crippen molar-refractivity contribution < 1.29 is 0 Å². The second-order valence-electron chi connectivity index (χ2n) is 4.03. The lowest BCUT2D eigenvalue weighted by molar-refractivity contribution is 0.788. The lowest BCUT2D eigenvalue weighted by atomic mass is 10.2. The molecule has 0 aromatic heterocycles. The Hall–Kier alpha value is -0.700. The fourth-order valence-electron chi connectivity index (χ4n) is 1.63. The van der Waals surface area contributed by atoms with Crippen molar-refractivity contribution in [2.75, 3.05) is 24.2 Å². The van der Waals surface area contributed by atoms with Gasteiger partial charge in [-0.2, -0.15) is 0 Å². The summed E-state index contributed by atoms with van der Waals surface area (Å²) >= 11 is 3.46. The Morgan fingerprint density at radius 2 is 2.21 bits per heavy atom. The van der Waals surface area contributed by atoms with Gasteiger partial charge in [-0.15, -0.1) is 0 Å². The van der Waals surface area contributed by atoms with Crippen LogP contribution in [-0.2, 0) is 0 Å². The average molecular weight is 255 g/mol. The largest absolute Gasteiger partial charge is 0.397 e. The van der Waals surface area contributed by atoms with E-state index in [0.717, 1.165) is 28.3 Å². The molecule has 0 spiro atoms. The van der Waals surface area contributed by atoms with Gasteiger partial charge in [-0.05, 0) is 37.0 Å². The van der Waals surface area contributed by atoms with E-state index in [4.69, 9.17) is 5.73 Å². The summed E-state index contributed by atoms with van der Waals surface area (Å²) in [6.45, 7) is 1.13. The fraction of sp³-hybridized carbons (Fsp3) is 0.455. The molecule has 1 aliphatic rings. The Kier molecular flexibility index (Phi) is 2.68. The number of rotatable bonds is 3. The van der Waals surface area contributed by atoms with E-state index >= 15 is 0 Å². The number of nitrogens with zero attached hydrogens (tertiary/aromatic N) is 1. The van der Waals surface area contributed by atoms with Gasteiger partial charge in [-0.25, -0.2) is 0 Å². The highest BCUT2D eigenvalue weighted by molar-refractivity contribution is 9.10. The Morgan fingerprint density at radius 3 is 2.86 bits per heavy atom. The van der Waals surface area contributed by atoms with Gasteiger partial charge in [-0.3, -0.25) is 0 Å². The molecular formula is C11H15BrN2. The Labute approximate surface area is 93.2 Å². The molecule has 0 heterocycles. The van der Waals surface area contributed by atoms with Crippen molar-refractivity contribution in [3.8, 4) is 0 Å². The van der Waals surface area contributed by atoms with E-state index in [1.54, 1.807) is 0 Å². The fourth-order valence-corrected chi connectivity index (χ4v) is 1.98. The third-order valence-electron chi connectivity index (χ3n) is 2.63. The first-order chi connectivity index (χ1) is 6.66. The third-order valence-corrected chi connectivity index (χ3v) is 3.13. The van der Waals surface area contributed by atoms with Gasteiger partial charge in [0.25, 0.3) is 0 Å². The van der Waals surface area contributed by atoms with Crippen LogP contribution in [0.25, 0.3) is 0 Å². The number of halogens is 1. The average Bonchev–Trinajstić information content (AvgIpc) is 2.93. The molecule has 0 radical (unpaired) electrons. The van der Waals surface area contributed by atoms with Crippen LogP contribution in [0.5, 0.6) is 0 Å². The number of nitrogens with two attached hydrogens (primary N) is 1. The maximum absolute atomic E-state index is 5.92. The normalized spacial score (nSPS) is 15.6. The van der Waals surface area contributed by atoms with Crippen LogP contribution in [0, 0.1) is 5.92 Å². The first-order valence-corrected chi connectivity index (χ1v) is 5.72. The molecular weight excluding hydrogens is 240 g/mol. The zero-order valence-corrected chi connectivity index (χ0v) is 9.92. The summed E-state index contributed by atoms with van der Waals surface area (Å²) in [4.78, 5) is 2.25. The van der Waals surface area contributed by atoms with Crippen molar-refractivity contribution in [3.63, 3.8) is 0 Å². The smallest absolute Gasteiger partial charge is 0.0608 e. The standard InChI is InChI=1S/C11H15BrN2/c1-14(7-8-2-3-8)11-6-9(12)4-5-10(11)13/h4-6,8H,2-3,7,13H2,1H3. The predicted molar refractivity (Wildman–Crippen MR) is 64.5 cm³/mol. The predicted octanol–water partition coefficient (Wildman–Crippen LogP) is 2.88. The summed E-state index contributed by atoms with van der Waals surface area (Å²) in [5, 5.41) is 0. The zero-order chi connectivity index (χ0) is 10.1. The van der Waals surface area contributed by atoms with Crippen molar-refractivity contribution in [3.05, 3.63) is 22.7 Å². The quantitative estimate of drug-likeness (QED) is 0.841. The minimum atomic E-state index is 0.858. The molecule has 0 saturated heterocycles. The first-order valence-electron chi connectivity index (χ1n) is 4.93. The van der Waals surface area contributed by atoms with Crippen molar-refractivity contribution in [2.24, 2.45) is 5.92 Å². The van der Waals surface area contributed by atoms with Crippen LogP contribution in [0.3, 0.4) is 0 Å². The van der Waals surface area contributed by atoms with Crippen LogP contribution in [0.4, 0.5) is 11.4 Å². The molecule has 2 nitrogen and oxygen atoms in total. The van der Waals surface area contributed by atoms with E-state index in [9.17, 15) is 0 Å². The molecule has 14 heavy (non-hydrogen) atoms. The molecule has 0 amide bonds. The van der Waals surface area contributed by atoms with E-state index in [2.05, 4.69) is 33.9 Å². The lowest BCUT2D eigenvalue weighted by Gasteiger charge is -2.21. The topological polar surface area (TPSA) is 29.3 Å². The highest BCUT2D eigenvalue weighted by atomic mass is 79.9. The van der Waals surface area contributed by atoms with Gasteiger partial charge >= 0.3 is 0 Å². The summed E-state index contributed by atoms with van der Waals surface area (Å²) < 4.78 is 1.09. The number of hydrogen-bond donors (Lipinski definition) is 1. The molecule has 1 aromatic carbocycles. The van der Waals surface area contributed by atoms with Crippen LogP contribution >= 0.6 is 15.9 Å². The summed E-state index contributed by atoms with van der Waals surface area (Å²) in [6.07, 6.45) is 2.75. The van der Waals surface area contributed by atoms with Crippen LogP contribution in [0.15, 0.2) is 22.7 Å². The molecule has 3 heteroatoms. The first kappa shape index (κ1) is 9.84. The second kappa shape index (κ2) is 3.81. The Morgan fingerprint density at radius 1 is 1.50 bits per heavy atom. The molecule has 1 fully saturated rings. The molecule has 0 aliphatic heterocycles. The van der Waals surface area contributed by atoms with Gasteiger partial charge in [0, 0.05) is 18.1 Å². The van der Waals surface area contributed by atoms with Gasteiger partial charge in [-0.1, -0.05) is 15.9 Å². The molecule has 76 valence electrons. The minimum Gasteiger partial charge on any atom is -0.397 e. The van der Waals surface area contributed by atoms with Gasteiger partial charge in [0.2, 0.25) is 0 Å². The van der Waals surface area contributed by atoms with Crippen LogP contribution < -0.4 is 10.6 Å². The second-order valence-corrected chi connectivity index (χ2v) is 4.94. The molecule has 1 aromatic rings. The van der Waals surface area contributed by atoms with Crippen LogP contribution in [-0.4, -0.2) is 13.6 Å². The maximum Gasteiger partial charge on any atom is 0.0608 e. The SMILES string of the molecule is CN(CC1CC1)c1cc(Br)ccc1N. The van der Waals surface area contributed by atoms with Gasteiger partial charge in [0.05, 0.1) is 11.4 Å². The van der Waals surface area contributed by atoms with E-state index < -0.39 is 0 Å². The molecule has 2 N–H and O–H groups in total. The summed E-state index contributed by atoms with van der Waals surface area (Å²) in [7, 11) is 2.11. The van der Waals surface area contributed by atoms with Crippen molar-refractivity contribution in [1.29, 1.82) is 0 Å². The van der Waals surface area contributed by atoms with Crippen molar-refractivity contribution in [1.82, 2.24) is 0 Å². The van der Waals surface area contributed by atoms with Gasteiger partial charge < -0.3 is 10.6 Å². The Bertz CT molecular complexity index is 334. The highest BCUT2D eigenvalue weighted by Gasteiger charge is 2.23. The van der Waals surface area contributed by atoms with Gasteiger partial charge in [0.15, 0.2) is 0 Å². The molecule has 0 unspecified atom stereocenters. The van der Waals surface area contributed by atoms with E-state index in [1.165, 1.54) is 12.8 Å². The van der Waals surface area contributed by atoms with Crippen molar-refractivity contribution in [2.45, 2.75) is 12.8 Å². The third kappa shape index (κ3) is 2.21. The lowest BCUT2D eigenvalue weighted by Crippen LogP contribution is -2.21. The molecule has 0 atom stereocenters. The molecule has 2 rings (SSSR count). The number of nitrogen functional groups attached to an aromatic ring is 1. The molecule has 1 aliphatic carbocycles. The van der Waals surface area contributed by atoms with E-state index in [0.29, 0.717) is 0 Å². The number of hydrogen-bond acceptors (Lipinski definition) is 2. The zero-order valence-electron chi connectivity index (χ0n) is 8.33. The summed E-state index contributed by atoms with van der Waals surface area (Å²) in [5.74, 6) is 0.887. The summed E-state index contributed by atoms with van der Waals surface area (Å²) in [5.41, 5.74) is 7.91. The molecule has 1 saturated carbocycles. The van der Waals surface area contributed by atoms with Crippen LogP contribution in [0.2, 0.25) is 0 Å². The molecule has 0 bridgehead atoms. The van der Waals surface area contributed by atoms with E-state index in [1.807, 2.05) is 12.1 Å². The van der Waals surface area contributed by atoms with E-state index in [-0.39, 0.29) is 0 Å². The maximum atomic E-state index is 5.92. The highest BCUT2D eigenvalue weighted by Crippen LogP contribution is 2.33. The monoisotopic (exact) mass is 254 g/mol. The number of benzene rings is 1. The summed E-state index contributed by atoms with van der Waals surface area (Å²) in [6, 6.07) is 6.00. The number of anilines is 2. The minimum absolute atomic E-state index is 0.858.